The summed E-state index contributed by atoms with van der Waals surface area (Å²) in [5.41, 5.74) is 2.17. The molecule has 0 fully saturated rings. The van der Waals surface area contributed by atoms with Crippen molar-refractivity contribution in [3.8, 4) is 23.2 Å². The van der Waals surface area contributed by atoms with Crippen molar-refractivity contribution in [1.29, 1.82) is 0 Å². The van der Waals surface area contributed by atoms with Crippen LogP contribution in [0.1, 0.15) is 34.5 Å². The van der Waals surface area contributed by atoms with Gasteiger partial charge in [-0.2, -0.15) is 9.78 Å². The maximum Gasteiger partial charge on any atom is 0.260 e. The van der Waals surface area contributed by atoms with Gasteiger partial charge in [-0.25, -0.2) is 4.98 Å². The number of rotatable bonds is 5. The Morgan fingerprint density at radius 3 is 2.84 bits per heavy atom. The summed E-state index contributed by atoms with van der Waals surface area (Å²) in [7, 11) is 1.51. The standard InChI is InChI=1S/C23H21N5O4/c1-31-18-10-5-3-8-15(18)22(30)25-20-13-17(19-11-6-12-32-19)27-28(20)23-24-16-9-4-2-7-14(16)21(29)26-23/h3,5-6,8,10-13H,2,4,7,9H2,1H3,(H,25,30)(H,24,26,29). The lowest BCUT2D eigenvalue weighted by Crippen LogP contribution is -2.24. The first-order valence-electron chi connectivity index (χ1n) is 10.3. The number of aryl methyl sites for hydroxylation is 1. The smallest absolute Gasteiger partial charge is 0.260 e. The highest BCUT2D eigenvalue weighted by atomic mass is 16.5. The zero-order valence-electron chi connectivity index (χ0n) is 17.4. The van der Waals surface area contributed by atoms with Crippen molar-refractivity contribution in [1.82, 2.24) is 19.7 Å². The number of aromatic nitrogens is 4. The number of para-hydroxylation sites is 1. The molecule has 5 rings (SSSR count). The molecule has 1 aromatic carbocycles. The number of ether oxygens (including phenoxy) is 1. The molecule has 162 valence electrons. The fourth-order valence-electron chi connectivity index (χ4n) is 3.88. The van der Waals surface area contributed by atoms with E-state index in [0.717, 1.165) is 30.5 Å². The summed E-state index contributed by atoms with van der Waals surface area (Å²) in [5, 5.41) is 7.41. The molecule has 9 nitrogen and oxygen atoms in total. The molecule has 3 aromatic heterocycles. The first-order valence-corrected chi connectivity index (χ1v) is 10.3. The Hall–Kier alpha value is -4.14. The summed E-state index contributed by atoms with van der Waals surface area (Å²) in [5.74, 6) is 1.17. The second-order valence-corrected chi connectivity index (χ2v) is 7.48. The second kappa shape index (κ2) is 8.18. The number of hydrogen-bond donors (Lipinski definition) is 2. The van der Waals surface area contributed by atoms with E-state index in [1.165, 1.54) is 11.8 Å². The van der Waals surface area contributed by atoms with Gasteiger partial charge in [0.25, 0.3) is 11.5 Å². The van der Waals surface area contributed by atoms with E-state index in [9.17, 15) is 9.59 Å². The van der Waals surface area contributed by atoms with Crippen molar-refractivity contribution in [2.75, 3.05) is 12.4 Å². The van der Waals surface area contributed by atoms with Crippen LogP contribution in [-0.2, 0) is 12.8 Å². The number of carbonyl (C=O) groups is 1. The third-order valence-electron chi connectivity index (χ3n) is 5.46. The molecule has 0 saturated heterocycles. The largest absolute Gasteiger partial charge is 0.496 e. The van der Waals surface area contributed by atoms with Crippen LogP contribution in [0.2, 0.25) is 0 Å². The Kier molecular flexibility index (Phi) is 5.06. The van der Waals surface area contributed by atoms with Gasteiger partial charge < -0.3 is 14.5 Å². The molecule has 1 aliphatic carbocycles. The third kappa shape index (κ3) is 3.58. The van der Waals surface area contributed by atoms with Crippen molar-refractivity contribution in [3.63, 3.8) is 0 Å². The molecule has 0 aliphatic heterocycles. The van der Waals surface area contributed by atoms with Crippen LogP contribution in [0.5, 0.6) is 5.75 Å². The van der Waals surface area contributed by atoms with Crippen LogP contribution in [0.4, 0.5) is 5.82 Å². The number of nitrogens with one attached hydrogen (secondary N) is 2. The average Bonchev–Trinajstić information content (AvgIpc) is 3.49. The topological polar surface area (TPSA) is 115 Å². The maximum absolute atomic E-state index is 13.0. The summed E-state index contributed by atoms with van der Waals surface area (Å²) < 4.78 is 12.2. The Morgan fingerprint density at radius 1 is 1.19 bits per heavy atom. The number of furan rings is 1. The summed E-state index contributed by atoms with van der Waals surface area (Å²) >= 11 is 0. The van der Waals surface area contributed by atoms with E-state index >= 15 is 0 Å². The van der Waals surface area contributed by atoms with Gasteiger partial charge in [0.05, 0.1) is 24.6 Å². The monoisotopic (exact) mass is 431 g/mol. The zero-order valence-corrected chi connectivity index (χ0v) is 17.4. The SMILES string of the molecule is COc1ccccc1C(=O)Nc1cc(-c2ccco2)nn1-c1nc2c(c(=O)[nH]1)CCCC2. The normalized spacial score (nSPS) is 12.9. The molecular weight excluding hydrogens is 410 g/mol. The number of amides is 1. The van der Waals surface area contributed by atoms with Crippen LogP contribution in [-0.4, -0.2) is 32.8 Å². The molecule has 0 unspecified atom stereocenters. The van der Waals surface area contributed by atoms with Crippen LogP contribution >= 0.6 is 0 Å². The molecule has 9 heteroatoms. The minimum Gasteiger partial charge on any atom is -0.496 e. The molecule has 3 heterocycles. The molecule has 0 radical (unpaired) electrons. The number of carbonyl (C=O) groups excluding carboxylic acids is 1. The fraction of sp³-hybridized carbons (Fsp3) is 0.217. The minimum atomic E-state index is -0.380. The fourth-order valence-corrected chi connectivity index (χ4v) is 3.88. The number of hydrogen-bond acceptors (Lipinski definition) is 6. The van der Waals surface area contributed by atoms with Gasteiger partial charge in [0.2, 0.25) is 5.95 Å². The van der Waals surface area contributed by atoms with Crippen molar-refractivity contribution >= 4 is 11.7 Å². The summed E-state index contributed by atoms with van der Waals surface area (Å²) in [4.78, 5) is 33.2. The molecular formula is C23H21N5O4. The number of fused-ring (bicyclic) bond motifs is 1. The number of aromatic amines is 1. The minimum absolute atomic E-state index is 0.179. The molecule has 32 heavy (non-hydrogen) atoms. The van der Waals surface area contributed by atoms with E-state index < -0.39 is 0 Å². The molecule has 2 N–H and O–H groups in total. The second-order valence-electron chi connectivity index (χ2n) is 7.48. The van der Waals surface area contributed by atoms with E-state index in [-0.39, 0.29) is 17.4 Å². The van der Waals surface area contributed by atoms with Gasteiger partial charge in [-0.05, 0) is 49.9 Å². The van der Waals surface area contributed by atoms with E-state index in [2.05, 4.69) is 20.4 Å². The number of benzene rings is 1. The Bertz CT molecular complexity index is 1340. The lowest BCUT2D eigenvalue weighted by molar-refractivity contribution is 0.102. The quantitative estimate of drug-likeness (QED) is 0.501. The van der Waals surface area contributed by atoms with Gasteiger partial charge in [0, 0.05) is 11.6 Å². The van der Waals surface area contributed by atoms with Gasteiger partial charge in [0.1, 0.15) is 17.3 Å². The molecule has 1 amide bonds. The highest BCUT2D eigenvalue weighted by Crippen LogP contribution is 2.26. The highest BCUT2D eigenvalue weighted by molar-refractivity contribution is 6.06. The van der Waals surface area contributed by atoms with E-state index in [4.69, 9.17) is 9.15 Å². The van der Waals surface area contributed by atoms with Gasteiger partial charge >= 0.3 is 0 Å². The lowest BCUT2D eigenvalue weighted by Gasteiger charge is -2.15. The first kappa shape index (κ1) is 19.8. The lowest BCUT2D eigenvalue weighted by atomic mass is 9.97. The third-order valence-corrected chi connectivity index (χ3v) is 5.46. The van der Waals surface area contributed by atoms with Crippen LogP contribution in [0.3, 0.4) is 0 Å². The summed E-state index contributed by atoms with van der Waals surface area (Å²) in [6, 6.07) is 12.1. The van der Waals surface area contributed by atoms with Crippen molar-refractivity contribution in [2.45, 2.75) is 25.7 Å². The summed E-state index contributed by atoms with van der Waals surface area (Å²) in [6.45, 7) is 0. The molecule has 0 bridgehead atoms. The molecule has 0 saturated carbocycles. The molecule has 4 aromatic rings. The van der Waals surface area contributed by atoms with E-state index in [1.807, 2.05) is 0 Å². The van der Waals surface area contributed by atoms with Crippen molar-refractivity contribution in [2.24, 2.45) is 0 Å². The van der Waals surface area contributed by atoms with Gasteiger partial charge in [-0.3, -0.25) is 14.6 Å². The number of nitrogens with zero attached hydrogens (tertiary/aromatic N) is 3. The summed E-state index contributed by atoms with van der Waals surface area (Å²) in [6.07, 6.45) is 4.95. The number of methoxy groups -OCH3 is 1. The molecule has 0 atom stereocenters. The predicted octanol–water partition coefficient (Wildman–Crippen LogP) is 3.36. The van der Waals surface area contributed by atoms with Crippen LogP contribution < -0.4 is 15.6 Å². The number of anilines is 1. The van der Waals surface area contributed by atoms with Crippen molar-refractivity contribution in [3.05, 3.63) is 75.9 Å². The average molecular weight is 431 g/mol. The Balaban J connectivity index is 1.59. The van der Waals surface area contributed by atoms with Crippen LogP contribution in [0.15, 0.2) is 57.9 Å². The highest BCUT2D eigenvalue weighted by Gasteiger charge is 2.21. The number of H-pyrrole nitrogens is 1. The van der Waals surface area contributed by atoms with Gasteiger partial charge in [-0.1, -0.05) is 12.1 Å². The van der Waals surface area contributed by atoms with Crippen LogP contribution in [0.25, 0.3) is 17.4 Å². The van der Waals surface area contributed by atoms with Crippen LogP contribution in [0, 0.1) is 0 Å². The zero-order chi connectivity index (χ0) is 22.1. The van der Waals surface area contributed by atoms with Gasteiger partial charge in [-0.15, -0.1) is 0 Å². The Morgan fingerprint density at radius 2 is 2.03 bits per heavy atom. The molecule has 0 spiro atoms. The Labute approximate surface area is 183 Å². The molecule has 1 aliphatic rings. The first-order chi connectivity index (χ1) is 15.6. The maximum atomic E-state index is 13.0. The van der Waals surface area contributed by atoms with E-state index in [1.54, 1.807) is 48.7 Å². The van der Waals surface area contributed by atoms with Crippen molar-refractivity contribution < 1.29 is 13.9 Å². The predicted molar refractivity (Wildman–Crippen MR) is 117 cm³/mol. The van der Waals surface area contributed by atoms with Gasteiger partial charge in [0.15, 0.2) is 5.76 Å². The van der Waals surface area contributed by atoms with E-state index in [0.29, 0.717) is 35.0 Å².